The molecule has 1 N–H and O–H groups in total. The van der Waals surface area contributed by atoms with Gasteiger partial charge >= 0.3 is 0 Å². The molecule has 1 aromatic carbocycles. The third-order valence-electron chi connectivity index (χ3n) is 4.94. The lowest BCUT2D eigenvalue weighted by molar-refractivity contribution is 0.107. The van der Waals surface area contributed by atoms with E-state index in [4.69, 9.17) is 0 Å². The lowest BCUT2D eigenvalue weighted by atomic mass is 10.2. The van der Waals surface area contributed by atoms with Gasteiger partial charge in [-0.1, -0.05) is 35.0 Å². The minimum Gasteiger partial charge on any atom is -0.355 e. The summed E-state index contributed by atoms with van der Waals surface area (Å²) in [7, 11) is 3.94. The molecule has 7 heteroatoms. The van der Waals surface area contributed by atoms with E-state index >= 15 is 0 Å². The fourth-order valence-electron chi connectivity index (χ4n) is 3.21. The van der Waals surface area contributed by atoms with Crippen molar-refractivity contribution in [3.05, 3.63) is 34.3 Å². The average molecular weight is 538 g/mol. The van der Waals surface area contributed by atoms with Crippen LogP contribution >= 0.6 is 39.9 Å². The van der Waals surface area contributed by atoms with Gasteiger partial charge < -0.3 is 15.1 Å². The zero-order valence-corrected chi connectivity index (χ0v) is 20.3. The number of piperazine rings is 1. The molecule has 0 aliphatic carbocycles. The number of nitrogens with zero attached hydrogens (tertiary/aromatic N) is 4. The van der Waals surface area contributed by atoms with Crippen LogP contribution in [0.25, 0.3) is 0 Å². The molecule has 1 aromatic rings. The Morgan fingerprint density at radius 2 is 1.85 bits per heavy atom. The normalized spacial score (nSPS) is 17.5. The zero-order valence-electron chi connectivity index (χ0n) is 16.4. The molecule has 1 aliphatic rings. The number of guanidine groups is 1. The topological polar surface area (TPSA) is 34.1 Å². The Hall–Kier alpha value is -0.380. The lowest BCUT2D eigenvalue weighted by Crippen LogP contribution is -2.53. The number of halogens is 2. The highest BCUT2D eigenvalue weighted by molar-refractivity contribution is 14.0. The molecule has 0 radical (unpaired) electrons. The van der Waals surface area contributed by atoms with Gasteiger partial charge in [-0.15, -0.1) is 24.0 Å². The highest BCUT2D eigenvalue weighted by Gasteiger charge is 2.20. The first-order valence-electron chi connectivity index (χ1n) is 9.16. The molecule has 1 saturated heterocycles. The van der Waals surface area contributed by atoms with Crippen molar-refractivity contribution in [3.63, 3.8) is 0 Å². The van der Waals surface area contributed by atoms with Crippen molar-refractivity contribution >= 4 is 45.9 Å². The number of hydrogen-bond acceptors (Lipinski definition) is 3. The molecule has 0 amide bonds. The van der Waals surface area contributed by atoms with Crippen LogP contribution in [0.3, 0.4) is 0 Å². The Morgan fingerprint density at radius 1 is 1.23 bits per heavy atom. The van der Waals surface area contributed by atoms with Gasteiger partial charge in [0.25, 0.3) is 0 Å². The fourth-order valence-corrected chi connectivity index (χ4v) is 3.48. The molecule has 0 aromatic heterocycles. The summed E-state index contributed by atoms with van der Waals surface area (Å²) in [4.78, 5) is 11.7. The molecule has 148 valence electrons. The summed E-state index contributed by atoms with van der Waals surface area (Å²) in [6, 6.07) is 8.96. The molecule has 1 unspecified atom stereocenters. The zero-order chi connectivity index (χ0) is 18.2. The van der Waals surface area contributed by atoms with Gasteiger partial charge in [0, 0.05) is 63.9 Å². The van der Waals surface area contributed by atoms with Crippen LogP contribution in [0.15, 0.2) is 33.7 Å². The minimum atomic E-state index is 0. The van der Waals surface area contributed by atoms with Crippen molar-refractivity contribution in [1.29, 1.82) is 0 Å². The Balaban J connectivity index is 0.00000338. The van der Waals surface area contributed by atoms with Gasteiger partial charge in [-0.3, -0.25) is 9.89 Å². The number of aliphatic imine (C=N–C) groups is 1. The quantitative estimate of drug-likeness (QED) is 0.343. The van der Waals surface area contributed by atoms with E-state index in [9.17, 15) is 0 Å². The maximum Gasteiger partial charge on any atom is 0.193 e. The summed E-state index contributed by atoms with van der Waals surface area (Å²) in [5, 5.41) is 3.53. The molecule has 0 saturated carbocycles. The molecule has 5 nitrogen and oxygen atoms in total. The average Bonchev–Trinajstić information content (AvgIpc) is 2.64. The van der Waals surface area contributed by atoms with Crippen molar-refractivity contribution in [2.24, 2.45) is 4.99 Å². The summed E-state index contributed by atoms with van der Waals surface area (Å²) < 4.78 is 1.11. The molecule has 0 spiro atoms. The molecule has 2 rings (SSSR count). The van der Waals surface area contributed by atoms with Gasteiger partial charge in [-0.05, 0) is 31.2 Å². The van der Waals surface area contributed by atoms with E-state index in [2.05, 4.69) is 86.1 Å². The van der Waals surface area contributed by atoms with Crippen LogP contribution < -0.4 is 5.32 Å². The monoisotopic (exact) mass is 537 g/mol. The van der Waals surface area contributed by atoms with E-state index in [1.807, 2.05) is 7.05 Å². The Kier molecular flexibility index (Phi) is 11.1. The van der Waals surface area contributed by atoms with E-state index in [1.54, 1.807) is 0 Å². The van der Waals surface area contributed by atoms with Crippen LogP contribution in [0, 0.1) is 0 Å². The van der Waals surface area contributed by atoms with E-state index < -0.39 is 0 Å². The predicted molar refractivity (Wildman–Crippen MR) is 126 cm³/mol. The summed E-state index contributed by atoms with van der Waals surface area (Å²) in [5.41, 5.74) is 1.28. The van der Waals surface area contributed by atoms with Crippen LogP contribution in [0.1, 0.15) is 19.4 Å². The molecular weight excluding hydrogens is 505 g/mol. The molecule has 1 aliphatic heterocycles. The van der Waals surface area contributed by atoms with E-state index in [0.717, 1.165) is 43.2 Å². The summed E-state index contributed by atoms with van der Waals surface area (Å²) in [6.07, 6.45) is 0. The summed E-state index contributed by atoms with van der Waals surface area (Å²) in [6.45, 7) is 12.1. The molecule has 0 bridgehead atoms. The largest absolute Gasteiger partial charge is 0.355 e. The Labute approximate surface area is 184 Å². The highest BCUT2D eigenvalue weighted by atomic mass is 127. The minimum absolute atomic E-state index is 0. The third kappa shape index (κ3) is 7.32. The molecule has 26 heavy (non-hydrogen) atoms. The van der Waals surface area contributed by atoms with Crippen LogP contribution in [0.5, 0.6) is 0 Å². The predicted octanol–water partition coefficient (Wildman–Crippen LogP) is 3.10. The van der Waals surface area contributed by atoms with Crippen molar-refractivity contribution in [2.45, 2.75) is 26.4 Å². The summed E-state index contributed by atoms with van der Waals surface area (Å²) >= 11 is 3.48. The van der Waals surface area contributed by atoms with Gasteiger partial charge in [-0.2, -0.15) is 0 Å². The van der Waals surface area contributed by atoms with Crippen molar-refractivity contribution in [2.75, 3.05) is 53.4 Å². The van der Waals surface area contributed by atoms with Gasteiger partial charge in [0.05, 0.1) is 0 Å². The van der Waals surface area contributed by atoms with E-state index in [-0.39, 0.29) is 24.0 Å². The maximum absolute atomic E-state index is 4.44. The van der Waals surface area contributed by atoms with Crippen molar-refractivity contribution < 1.29 is 0 Å². The Bertz CT molecular complexity index is 543. The van der Waals surface area contributed by atoms with E-state index in [1.165, 1.54) is 18.7 Å². The smallest absolute Gasteiger partial charge is 0.193 e. The van der Waals surface area contributed by atoms with Crippen LogP contribution in [0.4, 0.5) is 0 Å². The maximum atomic E-state index is 4.44. The Morgan fingerprint density at radius 3 is 2.38 bits per heavy atom. The first-order valence-corrected chi connectivity index (χ1v) is 9.95. The van der Waals surface area contributed by atoms with Crippen LogP contribution in [-0.2, 0) is 6.54 Å². The number of rotatable bonds is 6. The van der Waals surface area contributed by atoms with Crippen LogP contribution in [-0.4, -0.2) is 80.1 Å². The van der Waals surface area contributed by atoms with Gasteiger partial charge in [-0.25, -0.2) is 0 Å². The number of likely N-dealkylation sites (N-methyl/N-ethyl adjacent to an activating group) is 1. The molecular formula is C19H33BrIN5. The second-order valence-corrected chi connectivity index (χ2v) is 7.65. The number of benzene rings is 1. The lowest BCUT2D eigenvalue weighted by Gasteiger charge is -2.38. The second kappa shape index (κ2) is 12.2. The molecule has 1 heterocycles. The second-order valence-electron chi connectivity index (χ2n) is 6.73. The molecule has 1 fully saturated rings. The fraction of sp³-hybridized carbons (Fsp3) is 0.632. The number of nitrogens with one attached hydrogen (secondary N) is 1. The third-order valence-corrected chi connectivity index (χ3v) is 5.47. The standard InChI is InChI=1S/C19H32BrN5.HI/c1-5-24-10-12-25(13-11-24)16(2)14-22-19(21-3)23(4)15-17-6-8-18(20)9-7-17;/h6-9,16H,5,10-15H2,1-4H3,(H,21,22);1H. The van der Waals surface area contributed by atoms with Gasteiger partial charge in [0.1, 0.15) is 0 Å². The van der Waals surface area contributed by atoms with E-state index in [0.29, 0.717) is 6.04 Å². The van der Waals surface area contributed by atoms with Gasteiger partial charge in [0.2, 0.25) is 0 Å². The summed E-state index contributed by atoms with van der Waals surface area (Å²) in [5.74, 6) is 0.946. The van der Waals surface area contributed by atoms with Crippen molar-refractivity contribution in [3.8, 4) is 0 Å². The number of hydrogen-bond donors (Lipinski definition) is 1. The van der Waals surface area contributed by atoms with Crippen molar-refractivity contribution in [1.82, 2.24) is 20.0 Å². The first kappa shape index (κ1) is 23.7. The SMILES string of the molecule is CCN1CCN(C(C)CNC(=NC)N(C)Cc2ccc(Br)cc2)CC1.I. The van der Waals surface area contributed by atoms with Gasteiger partial charge in [0.15, 0.2) is 5.96 Å². The molecule has 1 atom stereocenters. The first-order chi connectivity index (χ1) is 12.0. The van der Waals surface area contributed by atoms with Crippen LogP contribution in [0.2, 0.25) is 0 Å². The highest BCUT2D eigenvalue weighted by Crippen LogP contribution is 2.12.